The number of fused-ring (bicyclic) bond motifs is 1. The van der Waals surface area contributed by atoms with Crippen LogP contribution in [0.25, 0.3) is 0 Å². The summed E-state index contributed by atoms with van der Waals surface area (Å²) in [6, 6.07) is 0.00342. The van der Waals surface area contributed by atoms with Crippen LogP contribution in [0.4, 0.5) is 4.79 Å². The van der Waals surface area contributed by atoms with Gasteiger partial charge in [0.2, 0.25) is 0 Å². The van der Waals surface area contributed by atoms with Gasteiger partial charge in [-0.2, -0.15) is 0 Å². The number of carbonyl (C=O) groups is 2. The van der Waals surface area contributed by atoms with Crippen molar-refractivity contribution in [3.63, 3.8) is 0 Å². The van der Waals surface area contributed by atoms with Gasteiger partial charge in [-0.3, -0.25) is 4.90 Å². The molecular weight excluding hydrogens is 370 g/mol. The SMILES string of the molecule is C[C@H]1[C@H](O[Si](C)(C)C(C)(C)C)C[C@H]2C(C=O)CCC[C@H]2N1C(=O)OC(C)(C)C. The number of carbonyl (C=O) groups excluding carboxylic acids is 2. The van der Waals surface area contributed by atoms with Gasteiger partial charge in [-0.15, -0.1) is 0 Å². The maximum atomic E-state index is 13.2. The van der Waals surface area contributed by atoms with Crippen LogP contribution in [0.3, 0.4) is 0 Å². The first kappa shape index (κ1) is 23.4. The van der Waals surface area contributed by atoms with E-state index in [2.05, 4.69) is 40.8 Å². The molecule has 1 aliphatic carbocycles. The lowest BCUT2D eigenvalue weighted by atomic mass is 9.70. The van der Waals surface area contributed by atoms with Crippen molar-refractivity contribution in [2.45, 2.75) is 116 Å². The summed E-state index contributed by atoms with van der Waals surface area (Å²) >= 11 is 0. The molecule has 5 atom stereocenters. The number of ether oxygens (including phenoxy) is 1. The standard InChI is InChI=1S/C22H41NO4Si/c1-15-19(27-28(8,9)22(5,6)7)13-17-16(14-24)11-10-12-18(17)23(15)20(25)26-21(2,3)4/h14-19H,10-13H2,1-9H3/t15-,16?,17-,18+,19+/m0/s1. The zero-order valence-corrected chi connectivity index (χ0v) is 20.4. The second kappa shape index (κ2) is 8.09. The van der Waals surface area contributed by atoms with Crippen molar-refractivity contribution >= 4 is 20.7 Å². The van der Waals surface area contributed by atoms with Gasteiger partial charge in [0.15, 0.2) is 8.32 Å². The smallest absolute Gasteiger partial charge is 0.410 e. The monoisotopic (exact) mass is 411 g/mol. The van der Waals surface area contributed by atoms with E-state index in [1.165, 1.54) is 0 Å². The van der Waals surface area contributed by atoms with Crippen molar-refractivity contribution in [2.75, 3.05) is 0 Å². The molecular formula is C22H41NO4Si. The Hall–Kier alpha value is -0.883. The third-order valence-corrected chi connectivity index (χ3v) is 11.5. The molecule has 1 aliphatic heterocycles. The highest BCUT2D eigenvalue weighted by Gasteiger charge is 2.51. The molecule has 162 valence electrons. The second-order valence-corrected chi connectivity index (χ2v) is 16.0. The van der Waals surface area contributed by atoms with E-state index in [1.807, 2.05) is 25.7 Å². The Labute approximate surface area is 172 Å². The number of hydrogen-bond acceptors (Lipinski definition) is 4. The summed E-state index contributed by atoms with van der Waals surface area (Å²) in [5.41, 5.74) is -0.543. The summed E-state index contributed by atoms with van der Waals surface area (Å²) in [4.78, 5) is 26.8. The normalized spacial score (nSPS) is 31.9. The van der Waals surface area contributed by atoms with Gasteiger partial charge in [0, 0.05) is 12.0 Å². The maximum absolute atomic E-state index is 13.2. The predicted molar refractivity (Wildman–Crippen MR) is 115 cm³/mol. The van der Waals surface area contributed by atoms with E-state index < -0.39 is 13.9 Å². The Morgan fingerprint density at radius 2 is 1.71 bits per heavy atom. The summed E-state index contributed by atoms with van der Waals surface area (Å²) in [7, 11) is -2.00. The van der Waals surface area contributed by atoms with Crippen molar-refractivity contribution in [1.29, 1.82) is 0 Å². The van der Waals surface area contributed by atoms with Gasteiger partial charge >= 0.3 is 6.09 Å². The molecule has 2 rings (SSSR count). The molecule has 0 aromatic carbocycles. The number of likely N-dealkylation sites (tertiary alicyclic amines) is 1. The van der Waals surface area contributed by atoms with Crippen LogP contribution < -0.4 is 0 Å². The lowest BCUT2D eigenvalue weighted by Crippen LogP contribution is -2.63. The predicted octanol–water partition coefficient (Wildman–Crippen LogP) is 5.39. The van der Waals surface area contributed by atoms with Crippen LogP contribution in [0.2, 0.25) is 18.1 Å². The minimum absolute atomic E-state index is 0.00158. The molecule has 28 heavy (non-hydrogen) atoms. The van der Waals surface area contributed by atoms with E-state index in [4.69, 9.17) is 9.16 Å². The number of hydrogen-bond donors (Lipinski definition) is 0. The Balaban J connectivity index is 2.35. The minimum atomic E-state index is -2.00. The lowest BCUT2D eigenvalue weighted by molar-refractivity contribution is -0.120. The molecule has 2 aliphatic rings. The highest BCUT2D eigenvalue weighted by atomic mass is 28.4. The molecule has 0 bridgehead atoms. The van der Waals surface area contributed by atoms with Crippen molar-refractivity contribution in [1.82, 2.24) is 4.90 Å². The first-order valence-electron chi connectivity index (χ1n) is 10.8. The fourth-order valence-electron chi connectivity index (χ4n) is 4.39. The number of aldehydes is 1. The molecule has 6 heteroatoms. The highest BCUT2D eigenvalue weighted by Crippen LogP contribution is 2.45. The van der Waals surface area contributed by atoms with E-state index in [0.717, 1.165) is 32.0 Å². The van der Waals surface area contributed by atoms with Crippen LogP contribution in [0, 0.1) is 11.8 Å². The van der Waals surface area contributed by atoms with Crippen LogP contribution in [-0.2, 0) is 14.0 Å². The van der Waals surface area contributed by atoms with E-state index >= 15 is 0 Å². The fraction of sp³-hybridized carbons (Fsp3) is 0.909. The molecule has 2 fully saturated rings. The van der Waals surface area contributed by atoms with E-state index in [9.17, 15) is 9.59 Å². The van der Waals surface area contributed by atoms with Crippen LogP contribution in [-0.4, -0.2) is 49.4 Å². The van der Waals surface area contributed by atoms with Gasteiger partial charge in [0.1, 0.15) is 11.9 Å². The van der Waals surface area contributed by atoms with E-state index in [1.54, 1.807) is 0 Å². The van der Waals surface area contributed by atoms with Gasteiger partial charge in [0.25, 0.3) is 0 Å². The van der Waals surface area contributed by atoms with E-state index in [0.29, 0.717) is 0 Å². The molecule has 1 saturated carbocycles. The van der Waals surface area contributed by atoms with Crippen molar-refractivity contribution < 1.29 is 18.8 Å². The molecule has 1 saturated heterocycles. The van der Waals surface area contributed by atoms with Gasteiger partial charge in [-0.05, 0) is 71.0 Å². The molecule has 1 amide bonds. The van der Waals surface area contributed by atoms with Crippen LogP contribution in [0.5, 0.6) is 0 Å². The molecule has 0 spiro atoms. The maximum Gasteiger partial charge on any atom is 0.410 e. The molecule has 1 unspecified atom stereocenters. The third-order valence-electron chi connectivity index (χ3n) is 6.95. The van der Waals surface area contributed by atoms with Gasteiger partial charge in [0.05, 0.1) is 12.1 Å². The number of piperidine rings is 1. The second-order valence-electron chi connectivity index (χ2n) is 11.2. The Morgan fingerprint density at radius 1 is 1.11 bits per heavy atom. The minimum Gasteiger partial charge on any atom is -0.444 e. The van der Waals surface area contributed by atoms with Crippen molar-refractivity contribution in [2.24, 2.45) is 11.8 Å². The molecule has 0 aromatic rings. The Kier molecular flexibility index (Phi) is 6.76. The topological polar surface area (TPSA) is 55.8 Å². The summed E-state index contributed by atoms with van der Waals surface area (Å²) in [6.45, 7) is 19.0. The summed E-state index contributed by atoms with van der Waals surface area (Å²) in [5.74, 6) is 0.159. The fourth-order valence-corrected chi connectivity index (χ4v) is 5.79. The zero-order chi connectivity index (χ0) is 21.5. The third kappa shape index (κ3) is 4.99. The van der Waals surface area contributed by atoms with Gasteiger partial charge < -0.3 is 14.0 Å². The molecule has 5 nitrogen and oxygen atoms in total. The average molecular weight is 412 g/mol. The number of nitrogens with zero attached hydrogens (tertiary/aromatic N) is 1. The first-order chi connectivity index (χ1) is 12.7. The molecule has 0 N–H and O–H groups in total. The molecule has 0 radical (unpaired) electrons. The quantitative estimate of drug-likeness (QED) is 0.461. The summed E-state index contributed by atoms with van der Waals surface area (Å²) in [5, 5.41) is 0.0942. The Morgan fingerprint density at radius 3 is 2.21 bits per heavy atom. The van der Waals surface area contributed by atoms with Crippen molar-refractivity contribution in [3.8, 4) is 0 Å². The largest absolute Gasteiger partial charge is 0.444 e. The lowest BCUT2D eigenvalue weighted by Gasteiger charge is -2.54. The summed E-state index contributed by atoms with van der Waals surface area (Å²) < 4.78 is 12.5. The number of amides is 1. The zero-order valence-electron chi connectivity index (χ0n) is 19.4. The molecule has 0 aromatic heterocycles. The van der Waals surface area contributed by atoms with Crippen molar-refractivity contribution in [3.05, 3.63) is 0 Å². The number of rotatable bonds is 3. The Bertz CT molecular complexity index is 578. The summed E-state index contributed by atoms with van der Waals surface area (Å²) in [6.07, 6.45) is 4.44. The van der Waals surface area contributed by atoms with Gasteiger partial charge in [-0.25, -0.2) is 4.79 Å². The van der Waals surface area contributed by atoms with Crippen LogP contribution >= 0.6 is 0 Å². The van der Waals surface area contributed by atoms with Crippen LogP contribution in [0.1, 0.15) is 74.1 Å². The van der Waals surface area contributed by atoms with Crippen LogP contribution in [0.15, 0.2) is 0 Å². The highest BCUT2D eigenvalue weighted by molar-refractivity contribution is 6.74. The van der Waals surface area contributed by atoms with E-state index in [-0.39, 0.29) is 41.2 Å². The molecule has 1 heterocycles. The van der Waals surface area contributed by atoms with Gasteiger partial charge in [-0.1, -0.05) is 27.2 Å². The first-order valence-corrected chi connectivity index (χ1v) is 13.7. The average Bonchev–Trinajstić information content (AvgIpc) is 2.52.